The Morgan fingerprint density at radius 3 is 2.35 bits per heavy atom. The summed E-state index contributed by atoms with van der Waals surface area (Å²) in [4.78, 5) is 22.7. The zero-order valence-corrected chi connectivity index (χ0v) is 11.1. The topological polar surface area (TPSA) is 84.2 Å². The third kappa shape index (κ3) is 9.81. The Labute approximate surface area is 104 Å². The molecule has 0 bridgehead atoms. The highest BCUT2D eigenvalue weighted by molar-refractivity contribution is 5.79. The molecule has 0 heterocycles. The highest BCUT2D eigenvalue weighted by Gasteiger charge is 2.07. The third-order valence-corrected chi connectivity index (χ3v) is 2.52. The lowest BCUT2D eigenvalue weighted by molar-refractivity contribution is -0.122. The van der Waals surface area contributed by atoms with Gasteiger partial charge in [0.25, 0.3) is 0 Å². The molecular formula is C12H25N3O2. The van der Waals surface area contributed by atoms with Crippen LogP contribution in [0.25, 0.3) is 0 Å². The SMILES string of the molecule is CCC(C)NC(=O)CCNC(=O)CCC(C)N. The van der Waals surface area contributed by atoms with E-state index in [4.69, 9.17) is 5.73 Å². The number of amides is 2. The van der Waals surface area contributed by atoms with Gasteiger partial charge in [0.2, 0.25) is 11.8 Å². The van der Waals surface area contributed by atoms with Gasteiger partial charge in [-0.25, -0.2) is 0 Å². The second kappa shape index (κ2) is 8.98. The highest BCUT2D eigenvalue weighted by Crippen LogP contribution is 1.93. The fraction of sp³-hybridized carbons (Fsp3) is 0.833. The molecule has 0 saturated heterocycles. The highest BCUT2D eigenvalue weighted by atomic mass is 16.2. The number of hydrogen-bond donors (Lipinski definition) is 3. The lowest BCUT2D eigenvalue weighted by Gasteiger charge is -2.11. The van der Waals surface area contributed by atoms with Crippen molar-refractivity contribution in [3.05, 3.63) is 0 Å². The predicted octanol–water partition coefficient (Wildman–Crippen LogP) is 0.535. The van der Waals surface area contributed by atoms with Crippen molar-refractivity contribution in [3.8, 4) is 0 Å². The van der Waals surface area contributed by atoms with Crippen LogP contribution in [-0.2, 0) is 9.59 Å². The second-order valence-corrected chi connectivity index (χ2v) is 4.49. The fourth-order valence-electron chi connectivity index (χ4n) is 1.21. The maximum Gasteiger partial charge on any atom is 0.221 e. The molecule has 0 aliphatic carbocycles. The molecule has 5 heteroatoms. The molecule has 4 N–H and O–H groups in total. The molecule has 0 fully saturated rings. The second-order valence-electron chi connectivity index (χ2n) is 4.49. The first-order chi connectivity index (χ1) is 7.95. The first kappa shape index (κ1) is 15.9. The van der Waals surface area contributed by atoms with Crippen molar-refractivity contribution >= 4 is 11.8 Å². The van der Waals surface area contributed by atoms with Crippen LogP contribution in [0.1, 0.15) is 46.5 Å². The van der Waals surface area contributed by atoms with E-state index in [0.717, 1.165) is 6.42 Å². The molecule has 5 nitrogen and oxygen atoms in total. The van der Waals surface area contributed by atoms with Crippen molar-refractivity contribution in [3.63, 3.8) is 0 Å². The monoisotopic (exact) mass is 243 g/mol. The standard InChI is InChI=1S/C12H25N3O2/c1-4-10(3)15-12(17)7-8-14-11(16)6-5-9(2)13/h9-10H,4-8,13H2,1-3H3,(H,14,16)(H,15,17). The lowest BCUT2D eigenvalue weighted by Crippen LogP contribution is -2.35. The molecule has 0 aromatic rings. The Balaban J connectivity index is 3.55. The number of carbonyl (C=O) groups excluding carboxylic acids is 2. The van der Waals surface area contributed by atoms with Gasteiger partial charge in [0.05, 0.1) is 0 Å². The number of hydrogen-bond acceptors (Lipinski definition) is 3. The first-order valence-corrected chi connectivity index (χ1v) is 6.27. The number of nitrogens with one attached hydrogen (secondary N) is 2. The molecule has 17 heavy (non-hydrogen) atoms. The molecule has 0 aliphatic heterocycles. The lowest BCUT2D eigenvalue weighted by atomic mass is 10.2. The van der Waals surface area contributed by atoms with E-state index in [1.54, 1.807) is 0 Å². The summed E-state index contributed by atoms with van der Waals surface area (Å²) in [6.45, 7) is 6.23. The summed E-state index contributed by atoms with van der Waals surface area (Å²) < 4.78 is 0. The van der Waals surface area contributed by atoms with Gasteiger partial charge in [-0.3, -0.25) is 9.59 Å². The molecule has 0 radical (unpaired) electrons. The van der Waals surface area contributed by atoms with Crippen molar-refractivity contribution in [2.24, 2.45) is 5.73 Å². The molecule has 2 atom stereocenters. The Bertz CT molecular complexity index is 242. The van der Waals surface area contributed by atoms with E-state index < -0.39 is 0 Å². The number of rotatable bonds is 8. The van der Waals surface area contributed by atoms with Gasteiger partial charge in [-0.05, 0) is 26.7 Å². The summed E-state index contributed by atoms with van der Waals surface area (Å²) in [6, 6.07) is 0.228. The molecule has 2 unspecified atom stereocenters. The summed E-state index contributed by atoms with van der Waals surface area (Å²) in [5.41, 5.74) is 5.54. The van der Waals surface area contributed by atoms with E-state index in [0.29, 0.717) is 25.8 Å². The van der Waals surface area contributed by atoms with Crippen LogP contribution in [0.2, 0.25) is 0 Å². The molecule has 2 amide bonds. The molecule has 0 rings (SSSR count). The van der Waals surface area contributed by atoms with Crippen LogP contribution in [0.3, 0.4) is 0 Å². The van der Waals surface area contributed by atoms with Crippen LogP contribution in [0, 0.1) is 0 Å². The van der Waals surface area contributed by atoms with E-state index in [2.05, 4.69) is 10.6 Å². The van der Waals surface area contributed by atoms with Crippen LogP contribution in [0.15, 0.2) is 0 Å². The summed E-state index contributed by atoms with van der Waals surface area (Å²) in [6.07, 6.45) is 2.33. The minimum atomic E-state index is -0.0429. The zero-order valence-electron chi connectivity index (χ0n) is 11.1. The fourth-order valence-corrected chi connectivity index (χ4v) is 1.21. The molecule has 0 saturated carbocycles. The molecule has 0 aromatic heterocycles. The van der Waals surface area contributed by atoms with E-state index in [9.17, 15) is 9.59 Å². The number of carbonyl (C=O) groups is 2. The van der Waals surface area contributed by atoms with Crippen LogP contribution >= 0.6 is 0 Å². The Hall–Kier alpha value is -1.10. The summed E-state index contributed by atoms with van der Waals surface area (Å²) in [5.74, 6) is -0.0644. The van der Waals surface area contributed by atoms with Gasteiger partial charge in [0.15, 0.2) is 0 Å². The van der Waals surface area contributed by atoms with Gasteiger partial charge in [-0.15, -0.1) is 0 Å². The van der Waals surface area contributed by atoms with Crippen LogP contribution in [0.5, 0.6) is 0 Å². The van der Waals surface area contributed by atoms with Crippen molar-refractivity contribution in [2.45, 2.75) is 58.5 Å². The van der Waals surface area contributed by atoms with E-state index in [1.807, 2.05) is 20.8 Å². The van der Waals surface area contributed by atoms with Crippen molar-refractivity contribution in [1.82, 2.24) is 10.6 Å². The van der Waals surface area contributed by atoms with Crippen molar-refractivity contribution in [1.29, 1.82) is 0 Å². The van der Waals surface area contributed by atoms with Gasteiger partial charge in [-0.2, -0.15) is 0 Å². The number of nitrogens with two attached hydrogens (primary N) is 1. The summed E-state index contributed by atoms with van der Waals surface area (Å²) in [5, 5.41) is 5.55. The van der Waals surface area contributed by atoms with Crippen molar-refractivity contribution in [2.75, 3.05) is 6.54 Å². The molecule has 0 spiro atoms. The smallest absolute Gasteiger partial charge is 0.221 e. The van der Waals surface area contributed by atoms with Gasteiger partial charge in [0.1, 0.15) is 0 Å². The molecule has 0 aliphatic rings. The molecule has 0 aromatic carbocycles. The maximum atomic E-state index is 11.4. The van der Waals surface area contributed by atoms with E-state index in [1.165, 1.54) is 0 Å². The van der Waals surface area contributed by atoms with Crippen molar-refractivity contribution < 1.29 is 9.59 Å². The Morgan fingerprint density at radius 1 is 1.18 bits per heavy atom. The quantitative estimate of drug-likeness (QED) is 0.581. The maximum absolute atomic E-state index is 11.4. The van der Waals surface area contributed by atoms with Gasteiger partial charge in [-0.1, -0.05) is 6.92 Å². The average molecular weight is 243 g/mol. The predicted molar refractivity (Wildman–Crippen MR) is 68.4 cm³/mol. The Morgan fingerprint density at radius 2 is 1.82 bits per heavy atom. The summed E-state index contributed by atoms with van der Waals surface area (Å²) >= 11 is 0. The Kier molecular flexibility index (Phi) is 8.40. The minimum absolute atomic E-state index is 0.0214. The molecular weight excluding hydrogens is 218 g/mol. The molecule has 100 valence electrons. The minimum Gasteiger partial charge on any atom is -0.356 e. The first-order valence-electron chi connectivity index (χ1n) is 6.27. The van der Waals surface area contributed by atoms with E-state index in [-0.39, 0.29) is 23.9 Å². The summed E-state index contributed by atoms with van der Waals surface area (Å²) in [7, 11) is 0. The normalized spacial score (nSPS) is 13.9. The van der Waals surface area contributed by atoms with Crippen LogP contribution < -0.4 is 16.4 Å². The van der Waals surface area contributed by atoms with Crippen LogP contribution in [0.4, 0.5) is 0 Å². The van der Waals surface area contributed by atoms with Gasteiger partial charge in [0, 0.05) is 31.5 Å². The van der Waals surface area contributed by atoms with E-state index >= 15 is 0 Å². The van der Waals surface area contributed by atoms with Gasteiger partial charge >= 0.3 is 0 Å². The average Bonchev–Trinajstić information content (AvgIpc) is 2.26. The largest absolute Gasteiger partial charge is 0.356 e. The van der Waals surface area contributed by atoms with Crippen LogP contribution in [-0.4, -0.2) is 30.4 Å². The zero-order chi connectivity index (χ0) is 13.3. The van der Waals surface area contributed by atoms with Gasteiger partial charge < -0.3 is 16.4 Å². The third-order valence-electron chi connectivity index (χ3n) is 2.52.